The van der Waals surface area contributed by atoms with Crippen LogP contribution in [0.1, 0.15) is 139 Å². The molecule has 0 saturated carbocycles. The molecule has 0 radical (unpaired) electrons. The number of benzene rings is 9. The minimum absolute atomic E-state index is 0.123. The van der Waals surface area contributed by atoms with Gasteiger partial charge >= 0.3 is 0 Å². The lowest BCUT2D eigenvalue weighted by Crippen LogP contribution is -2.29. The molecule has 3 atom stereocenters. The molecule has 0 saturated heterocycles. The van der Waals surface area contributed by atoms with Crippen LogP contribution in [0.3, 0.4) is 0 Å². The average Bonchev–Trinajstić information content (AvgIpc) is 3.83. The quantitative estimate of drug-likeness (QED) is 0.108. The minimum atomic E-state index is -0.593. The molecule has 0 bridgehead atoms. The van der Waals surface area contributed by atoms with Crippen molar-refractivity contribution in [3.63, 3.8) is 0 Å². The molecule has 0 amide bonds. The summed E-state index contributed by atoms with van der Waals surface area (Å²) in [6, 6.07) is 77.9. The SMILES string of the molecule is CCC(CC(C)c1ccc(COc2ccc(C3(c4ccc(C(C)C)cc4)c4ccccc4-c4ccc(N(c5ccccc5)c5ccc6c(c5)C(C)(C)c5ccccc5-6)cc43)cc2)cc1)c1ccc2c(c1)CC2. The number of aryl methyl sites for hydroxylation is 2. The number of para-hydroxylation sites is 1. The maximum absolute atomic E-state index is 6.60. The van der Waals surface area contributed by atoms with Crippen LogP contribution in [0.5, 0.6) is 5.75 Å². The van der Waals surface area contributed by atoms with Crippen LogP contribution in [0.2, 0.25) is 0 Å². The van der Waals surface area contributed by atoms with E-state index in [2.05, 4.69) is 253 Å². The van der Waals surface area contributed by atoms with E-state index < -0.39 is 5.41 Å². The predicted molar refractivity (Wildman–Crippen MR) is 301 cm³/mol. The van der Waals surface area contributed by atoms with Gasteiger partial charge in [-0.15, -0.1) is 0 Å². The van der Waals surface area contributed by atoms with Crippen LogP contribution in [-0.4, -0.2) is 0 Å². The second kappa shape index (κ2) is 18.3. The number of nitrogens with zero attached hydrogens (tertiary/aromatic N) is 1. The van der Waals surface area contributed by atoms with E-state index in [-0.39, 0.29) is 5.41 Å². The fourth-order valence-corrected chi connectivity index (χ4v) is 12.6. The van der Waals surface area contributed by atoms with Crippen molar-refractivity contribution in [2.75, 3.05) is 4.90 Å². The summed E-state index contributed by atoms with van der Waals surface area (Å²) in [6.07, 6.45) is 4.80. The molecule has 0 aliphatic heterocycles. The Labute approximate surface area is 428 Å². The summed E-state index contributed by atoms with van der Waals surface area (Å²) in [5.41, 5.74) is 24.2. The van der Waals surface area contributed by atoms with E-state index in [4.69, 9.17) is 4.74 Å². The molecule has 2 heteroatoms. The molecule has 356 valence electrons. The Hall–Kier alpha value is -7.42. The summed E-state index contributed by atoms with van der Waals surface area (Å²) in [5.74, 6) is 2.34. The zero-order chi connectivity index (χ0) is 49.1. The number of hydrogen-bond acceptors (Lipinski definition) is 2. The molecular formula is C70H65NO. The fourth-order valence-electron chi connectivity index (χ4n) is 12.6. The zero-order valence-electron chi connectivity index (χ0n) is 42.8. The Morgan fingerprint density at radius 3 is 1.67 bits per heavy atom. The number of ether oxygens (including phenoxy) is 1. The van der Waals surface area contributed by atoms with Gasteiger partial charge in [0.25, 0.3) is 0 Å². The first-order valence-electron chi connectivity index (χ1n) is 26.5. The van der Waals surface area contributed by atoms with Crippen molar-refractivity contribution in [3.8, 4) is 28.0 Å². The highest BCUT2D eigenvalue weighted by Gasteiger charge is 2.46. The van der Waals surface area contributed by atoms with E-state index in [0.717, 1.165) is 35.7 Å². The van der Waals surface area contributed by atoms with Gasteiger partial charge < -0.3 is 9.64 Å². The molecule has 0 N–H and O–H groups in total. The van der Waals surface area contributed by atoms with Gasteiger partial charge in [-0.3, -0.25) is 0 Å². The Morgan fingerprint density at radius 1 is 0.472 bits per heavy atom. The molecule has 9 aromatic rings. The molecule has 9 aromatic carbocycles. The third-order valence-corrected chi connectivity index (χ3v) is 16.9. The lowest BCUT2D eigenvalue weighted by Gasteiger charge is -2.35. The fraction of sp³-hybridized carbons (Fsp3) is 0.229. The molecule has 3 aliphatic carbocycles. The maximum Gasteiger partial charge on any atom is 0.119 e. The molecule has 0 heterocycles. The summed E-state index contributed by atoms with van der Waals surface area (Å²) in [6.45, 7) is 14.5. The van der Waals surface area contributed by atoms with E-state index in [1.165, 1.54) is 90.7 Å². The van der Waals surface area contributed by atoms with Gasteiger partial charge in [0.1, 0.15) is 12.4 Å². The topological polar surface area (TPSA) is 12.5 Å². The molecule has 3 aliphatic rings. The third-order valence-electron chi connectivity index (χ3n) is 16.9. The average molecular weight is 936 g/mol. The van der Waals surface area contributed by atoms with E-state index in [1.54, 1.807) is 11.1 Å². The van der Waals surface area contributed by atoms with Gasteiger partial charge in [-0.05, 0) is 181 Å². The summed E-state index contributed by atoms with van der Waals surface area (Å²) < 4.78 is 6.60. The van der Waals surface area contributed by atoms with Gasteiger partial charge in [0.2, 0.25) is 0 Å². The Bertz CT molecular complexity index is 3440. The van der Waals surface area contributed by atoms with Crippen LogP contribution < -0.4 is 9.64 Å². The van der Waals surface area contributed by atoms with Crippen molar-refractivity contribution < 1.29 is 4.74 Å². The third kappa shape index (κ3) is 7.70. The molecule has 2 nitrogen and oxygen atoms in total. The summed E-state index contributed by atoms with van der Waals surface area (Å²) in [7, 11) is 0. The standard InChI is InChI=1S/C70H65NO/c1-7-49(53-27-25-52-26-28-54(52)42-53)41-47(4)51-23-21-48(22-24-51)45-72-60-37-33-56(34-38-60)70(55-31-29-50(30-32-55)46(2)3)66-20-14-12-18-62(66)64-40-36-59(44-68(64)70)71(57-15-9-8-10-16-57)58-35-39-63-61-17-11-13-19-65(61)69(5,6)67(63)43-58/h8-25,27,29-40,42-44,46-47,49H,7,26,28,41,45H2,1-6H3. The van der Waals surface area contributed by atoms with Gasteiger partial charge in [-0.1, -0.05) is 199 Å². The molecule has 0 spiro atoms. The van der Waals surface area contributed by atoms with Gasteiger partial charge in [-0.2, -0.15) is 0 Å². The normalized spacial score (nSPS) is 16.4. The van der Waals surface area contributed by atoms with E-state index in [0.29, 0.717) is 24.4 Å². The largest absolute Gasteiger partial charge is 0.489 e. The molecule has 0 fully saturated rings. The summed E-state index contributed by atoms with van der Waals surface area (Å²) in [5, 5.41) is 0. The van der Waals surface area contributed by atoms with Crippen LogP contribution >= 0.6 is 0 Å². The summed E-state index contributed by atoms with van der Waals surface area (Å²) in [4.78, 5) is 2.45. The van der Waals surface area contributed by atoms with Crippen molar-refractivity contribution in [1.29, 1.82) is 0 Å². The van der Waals surface area contributed by atoms with Gasteiger partial charge in [0.05, 0.1) is 5.41 Å². The highest BCUT2D eigenvalue weighted by Crippen LogP contribution is 2.58. The van der Waals surface area contributed by atoms with Crippen molar-refractivity contribution in [2.24, 2.45) is 0 Å². The monoisotopic (exact) mass is 936 g/mol. The first-order chi connectivity index (χ1) is 35.1. The van der Waals surface area contributed by atoms with Gasteiger partial charge in [-0.25, -0.2) is 0 Å². The van der Waals surface area contributed by atoms with Crippen LogP contribution in [0.4, 0.5) is 17.1 Å². The Kier molecular flexibility index (Phi) is 11.6. The molecule has 72 heavy (non-hydrogen) atoms. The number of rotatable bonds is 14. The van der Waals surface area contributed by atoms with Crippen LogP contribution in [0.15, 0.2) is 206 Å². The van der Waals surface area contributed by atoms with Crippen molar-refractivity contribution in [1.82, 2.24) is 0 Å². The van der Waals surface area contributed by atoms with Crippen molar-refractivity contribution in [3.05, 3.63) is 273 Å². The highest BCUT2D eigenvalue weighted by atomic mass is 16.5. The van der Waals surface area contributed by atoms with E-state index >= 15 is 0 Å². The lowest BCUT2D eigenvalue weighted by atomic mass is 9.67. The summed E-state index contributed by atoms with van der Waals surface area (Å²) >= 11 is 0. The van der Waals surface area contributed by atoms with Crippen LogP contribution in [-0.2, 0) is 30.3 Å². The Balaban J connectivity index is 0.891. The zero-order valence-corrected chi connectivity index (χ0v) is 42.8. The number of anilines is 3. The number of fused-ring (bicyclic) bond motifs is 7. The van der Waals surface area contributed by atoms with Gasteiger partial charge in [0, 0.05) is 22.5 Å². The van der Waals surface area contributed by atoms with Gasteiger partial charge in [0.15, 0.2) is 0 Å². The van der Waals surface area contributed by atoms with E-state index in [1.807, 2.05) is 0 Å². The predicted octanol–water partition coefficient (Wildman–Crippen LogP) is 18.3. The highest BCUT2D eigenvalue weighted by molar-refractivity contribution is 5.91. The van der Waals surface area contributed by atoms with Crippen LogP contribution in [0.25, 0.3) is 22.3 Å². The smallest absolute Gasteiger partial charge is 0.119 e. The number of hydrogen-bond donors (Lipinski definition) is 0. The molecule has 12 rings (SSSR count). The lowest BCUT2D eigenvalue weighted by molar-refractivity contribution is 0.306. The first kappa shape index (κ1) is 45.7. The Morgan fingerprint density at radius 2 is 1.03 bits per heavy atom. The molecular weight excluding hydrogens is 871 g/mol. The first-order valence-corrected chi connectivity index (χ1v) is 26.5. The minimum Gasteiger partial charge on any atom is -0.489 e. The second-order valence-electron chi connectivity index (χ2n) is 21.7. The second-order valence-corrected chi connectivity index (χ2v) is 21.7. The molecule has 3 unspecified atom stereocenters. The maximum atomic E-state index is 6.60. The van der Waals surface area contributed by atoms with Crippen molar-refractivity contribution >= 4 is 17.1 Å². The van der Waals surface area contributed by atoms with Crippen LogP contribution in [0, 0.1) is 0 Å². The molecule has 0 aromatic heterocycles. The van der Waals surface area contributed by atoms with Crippen molar-refractivity contribution in [2.45, 2.75) is 102 Å². The van der Waals surface area contributed by atoms with E-state index in [9.17, 15) is 0 Å².